The monoisotopic (exact) mass is 958 g/mol. The van der Waals surface area contributed by atoms with Crippen molar-refractivity contribution in [1.82, 2.24) is 5.32 Å². The molecule has 3 N–H and O–H groups in total. The second-order valence-corrected chi connectivity index (χ2v) is 21.0. The van der Waals surface area contributed by atoms with Gasteiger partial charge in [0.15, 0.2) is 0 Å². The number of esters is 1. The highest BCUT2D eigenvalue weighted by atomic mass is 16.5. The summed E-state index contributed by atoms with van der Waals surface area (Å²) in [6.07, 6.45) is 70.3. The zero-order valence-electron chi connectivity index (χ0n) is 45.9. The molecule has 0 rings (SSSR count). The van der Waals surface area contributed by atoms with Crippen molar-refractivity contribution in [1.29, 1.82) is 0 Å². The Bertz CT molecular complexity index is 1060. The van der Waals surface area contributed by atoms with E-state index in [1.807, 2.05) is 0 Å². The number of allylic oxidation sites excluding steroid dienone is 4. The van der Waals surface area contributed by atoms with Gasteiger partial charge >= 0.3 is 5.97 Å². The molecule has 0 aliphatic carbocycles. The summed E-state index contributed by atoms with van der Waals surface area (Å²) in [5.74, 6) is -0.0344. The van der Waals surface area contributed by atoms with Crippen LogP contribution >= 0.6 is 0 Å². The predicted octanol–water partition coefficient (Wildman–Crippen LogP) is 19.0. The van der Waals surface area contributed by atoms with Crippen LogP contribution in [0.15, 0.2) is 24.3 Å². The maximum atomic E-state index is 12.5. The average Bonchev–Trinajstić information content (AvgIpc) is 3.34. The fraction of sp³-hybridized carbons (Fsp3) is 0.903. The standard InChI is InChI=1S/C62H119NO5/c1-3-5-7-9-11-13-15-17-19-23-28-32-36-40-44-48-52-56-62(67)68-57-53-49-45-41-37-33-29-25-22-20-21-24-27-31-35-39-43-47-51-55-61(66)63-59(58-64)60(65)54-50-46-42-38-34-30-26-18-16-14-12-10-8-6-4-2/h11,13,17,19,59-60,64-65H,3-10,12,14-16,18,20-58H2,1-2H3,(H,63,66)/b13-11-,19-17-. The van der Waals surface area contributed by atoms with Crippen LogP contribution < -0.4 is 5.32 Å². The maximum Gasteiger partial charge on any atom is 0.305 e. The van der Waals surface area contributed by atoms with Crippen LogP contribution in [0, 0.1) is 0 Å². The third-order valence-corrected chi connectivity index (χ3v) is 14.3. The molecule has 0 saturated carbocycles. The molecule has 0 spiro atoms. The Morgan fingerprint density at radius 2 is 0.735 bits per heavy atom. The number of unbranched alkanes of at least 4 members (excludes halogenated alkanes) is 42. The van der Waals surface area contributed by atoms with E-state index in [-0.39, 0.29) is 18.5 Å². The molecule has 0 saturated heterocycles. The Hall–Kier alpha value is -1.66. The Kier molecular flexibility index (Phi) is 56.5. The molecular weight excluding hydrogens is 839 g/mol. The van der Waals surface area contributed by atoms with Crippen LogP contribution in [-0.4, -0.2) is 47.4 Å². The Balaban J connectivity index is 3.39. The first kappa shape index (κ1) is 66.3. The molecule has 0 aromatic heterocycles. The molecule has 6 nitrogen and oxygen atoms in total. The molecule has 0 radical (unpaired) electrons. The Labute approximate surface area is 424 Å². The summed E-state index contributed by atoms with van der Waals surface area (Å²) in [6, 6.07) is -0.543. The number of aliphatic hydroxyl groups is 2. The van der Waals surface area contributed by atoms with Crippen LogP contribution in [0.2, 0.25) is 0 Å². The van der Waals surface area contributed by atoms with E-state index in [0.717, 1.165) is 51.4 Å². The summed E-state index contributed by atoms with van der Waals surface area (Å²) >= 11 is 0. The summed E-state index contributed by atoms with van der Waals surface area (Å²) in [5, 5.41) is 23.3. The van der Waals surface area contributed by atoms with Gasteiger partial charge in [0.05, 0.1) is 25.4 Å². The zero-order valence-corrected chi connectivity index (χ0v) is 45.9. The fourth-order valence-corrected chi connectivity index (χ4v) is 9.55. The summed E-state index contributed by atoms with van der Waals surface area (Å²) in [6.45, 7) is 4.94. The smallest absolute Gasteiger partial charge is 0.305 e. The van der Waals surface area contributed by atoms with Gasteiger partial charge in [0, 0.05) is 12.8 Å². The minimum absolute atomic E-state index is 0.00178. The molecule has 0 aromatic rings. The largest absolute Gasteiger partial charge is 0.466 e. The molecule has 0 aromatic carbocycles. The minimum Gasteiger partial charge on any atom is -0.466 e. The van der Waals surface area contributed by atoms with E-state index in [1.54, 1.807) is 0 Å². The van der Waals surface area contributed by atoms with Gasteiger partial charge < -0.3 is 20.3 Å². The van der Waals surface area contributed by atoms with Gasteiger partial charge in [-0.25, -0.2) is 0 Å². The zero-order chi connectivity index (χ0) is 49.3. The van der Waals surface area contributed by atoms with Crippen molar-refractivity contribution < 1.29 is 24.5 Å². The number of rotatable bonds is 57. The quantitative estimate of drug-likeness (QED) is 0.0321. The fourth-order valence-electron chi connectivity index (χ4n) is 9.55. The lowest BCUT2D eigenvalue weighted by Crippen LogP contribution is -2.45. The van der Waals surface area contributed by atoms with E-state index in [0.29, 0.717) is 25.9 Å². The van der Waals surface area contributed by atoms with Gasteiger partial charge in [-0.2, -0.15) is 0 Å². The number of nitrogens with one attached hydrogen (secondary N) is 1. The number of amides is 1. The summed E-state index contributed by atoms with van der Waals surface area (Å²) in [7, 11) is 0. The molecule has 0 heterocycles. The van der Waals surface area contributed by atoms with Gasteiger partial charge in [-0.05, 0) is 57.8 Å². The van der Waals surface area contributed by atoms with Crippen LogP contribution in [0.5, 0.6) is 0 Å². The van der Waals surface area contributed by atoms with Gasteiger partial charge in [-0.15, -0.1) is 0 Å². The second kappa shape index (κ2) is 57.9. The van der Waals surface area contributed by atoms with E-state index < -0.39 is 12.1 Å². The van der Waals surface area contributed by atoms with Gasteiger partial charge in [0.1, 0.15) is 0 Å². The van der Waals surface area contributed by atoms with Crippen LogP contribution in [0.3, 0.4) is 0 Å². The average molecular weight is 959 g/mol. The maximum absolute atomic E-state index is 12.5. The summed E-state index contributed by atoms with van der Waals surface area (Å²) < 4.78 is 5.49. The number of hydrogen-bond acceptors (Lipinski definition) is 5. The molecule has 0 aliphatic rings. The lowest BCUT2D eigenvalue weighted by Gasteiger charge is -2.22. The Morgan fingerprint density at radius 1 is 0.412 bits per heavy atom. The lowest BCUT2D eigenvalue weighted by molar-refractivity contribution is -0.143. The van der Waals surface area contributed by atoms with Crippen LogP contribution in [0.4, 0.5) is 0 Å². The SMILES string of the molecule is CCCCC/C=C\C/C=C\CCCCCCCCCC(=O)OCCCCCCCCCCCCCCCCCCCCCC(=O)NC(CO)C(O)CCCCCCCCCCCCCCCCC. The number of carbonyl (C=O) groups is 2. The normalized spacial score (nSPS) is 12.7. The molecular formula is C62H119NO5. The van der Waals surface area contributed by atoms with Crippen molar-refractivity contribution in [2.24, 2.45) is 0 Å². The number of carbonyl (C=O) groups excluding carboxylic acids is 2. The molecule has 402 valence electrons. The van der Waals surface area contributed by atoms with Crippen LogP contribution in [0.25, 0.3) is 0 Å². The highest BCUT2D eigenvalue weighted by Crippen LogP contribution is 2.18. The third kappa shape index (κ3) is 53.7. The number of aliphatic hydroxyl groups excluding tert-OH is 2. The molecule has 6 heteroatoms. The van der Waals surface area contributed by atoms with Crippen molar-refractivity contribution in [3.8, 4) is 0 Å². The van der Waals surface area contributed by atoms with E-state index in [9.17, 15) is 19.8 Å². The predicted molar refractivity (Wildman–Crippen MR) is 296 cm³/mol. The van der Waals surface area contributed by atoms with Crippen molar-refractivity contribution in [2.75, 3.05) is 13.2 Å². The lowest BCUT2D eigenvalue weighted by atomic mass is 10.0. The van der Waals surface area contributed by atoms with Crippen molar-refractivity contribution in [3.63, 3.8) is 0 Å². The van der Waals surface area contributed by atoms with Gasteiger partial charge in [-0.3, -0.25) is 9.59 Å². The van der Waals surface area contributed by atoms with Crippen molar-refractivity contribution >= 4 is 11.9 Å². The van der Waals surface area contributed by atoms with Crippen molar-refractivity contribution in [2.45, 2.75) is 347 Å². The summed E-state index contributed by atoms with van der Waals surface area (Å²) in [4.78, 5) is 24.6. The van der Waals surface area contributed by atoms with Gasteiger partial charge in [0.25, 0.3) is 0 Å². The Morgan fingerprint density at radius 3 is 1.15 bits per heavy atom. The van der Waals surface area contributed by atoms with Crippen LogP contribution in [0.1, 0.15) is 335 Å². The molecule has 68 heavy (non-hydrogen) atoms. The first-order valence-corrected chi connectivity index (χ1v) is 30.6. The molecule has 1 amide bonds. The first-order chi connectivity index (χ1) is 33.5. The molecule has 2 atom stereocenters. The molecule has 0 aliphatic heterocycles. The first-order valence-electron chi connectivity index (χ1n) is 30.6. The highest BCUT2D eigenvalue weighted by Gasteiger charge is 2.20. The van der Waals surface area contributed by atoms with E-state index in [4.69, 9.17) is 4.74 Å². The summed E-state index contributed by atoms with van der Waals surface area (Å²) in [5.41, 5.74) is 0. The van der Waals surface area contributed by atoms with Gasteiger partial charge in [0.2, 0.25) is 5.91 Å². The minimum atomic E-state index is -0.666. The van der Waals surface area contributed by atoms with Crippen molar-refractivity contribution in [3.05, 3.63) is 24.3 Å². The number of hydrogen-bond donors (Lipinski definition) is 3. The molecule has 0 bridgehead atoms. The highest BCUT2D eigenvalue weighted by molar-refractivity contribution is 5.76. The third-order valence-electron chi connectivity index (χ3n) is 14.3. The van der Waals surface area contributed by atoms with E-state index >= 15 is 0 Å². The molecule has 0 fully saturated rings. The number of ether oxygens (including phenoxy) is 1. The molecule has 2 unspecified atom stereocenters. The van der Waals surface area contributed by atoms with E-state index in [1.165, 1.54) is 250 Å². The van der Waals surface area contributed by atoms with Crippen LogP contribution in [-0.2, 0) is 14.3 Å². The second-order valence-electron chi connectivity index (χ2n) is 21.0. The van der Waals surface area contributed by atoms with E-state index in [2.05, 4.69) is 43.5 Å². The van der Waals surface area contributed by atoms with Gasteiger partial charge in [-0.1, -0.05) is 289 Å². The topological polar surface area (TPSA) is 95.9 Å².